The molecule has 6 heteroatoms. The van der Waals surface area contributed by atoms with Crippen molar-refractivity contribution in [1.29, 1.82) is 0 Å². The number of nitrogens with zero attached hydrogens (tertiary/aromatic N) is 1. The molecular formula is C20H34IN3OS. The molecule has 1 saturated carbocycles. The topological polar surface area (TPSA) is 56.7 Å². The molecule has 0 bridgehead atoms. The summed E-state index contributed by atoms with van der Waals surface area (Å²) in [6.45, 7) is 10.6. The third-order valence-corrected chi connectivity index (χ3v) is 6.29. The van der Waals surface area contributed by atoms with Crippen LogP contribution in [0.2, 0.25) is 0 Å². The van der Waals surface area contributed by atoms with E-state index in [2.05, 4.69) is 67.6 Å². The van der Waals surface area contributed by atoms with Crippen molar-refractivity contribution in [2.24, 2.45) is 4.99 Å². The van der Waals surface area contributed by atoms with Crippen LogP contribution in [-0.2, 0) is 0 Å². The maximum Gasteiger partial charge on any atom is 0.191 e. The van der Waals surface area contributed by atoms with Crippen molar-refractivity contribution in [3.05, 3.63) is 35.4 Å². The number of aliphatic hydroxyl groups is 1. The lowest BCUT2D eigenvalue weighted by Gasteiger charge is -2.44. The van der Waals surface area contributed by atoms with Gasteiger partial charge in [-0.3, -0.25) is 4.99 Å². The Morgan fingerprint density at radius 2 is 2.00 bits per heavy atom. The van der Waals surface area contributed by atoms with Gasteiger partial charge in [-0.05, 0) is 43.9 Å². The zero-order valence-corrected chi connectivity index (χ0v) is 19.6. The first-order chi connectivity index (χ1) is 12.0. The fourth-order valence-electron chi connectivity index (χ4n) is 3.04. The van der Waals surface area contributed by atoms with E-state index in [4.69, 9.17) is 0 Å². The number of rotatable bonds is 8. The molecule has 4 nitrogen and oxygen atoms in total. The summed E-state index contributed by atoms with van der Waals surface area (Å²) in [7, 11) is 0. The first-order valence-electron chi connectivity index (χ1n) is 9.41. The number of benzene rings is 1. The van der Waals surface area contributed by atoms with Gasteiger partial charge in [0.05, 0.1) is 12.1 Å². The minimum absolute atomic E-state index is 0. The summed E-state index contributed by atoms with van der Waals surface area (Å²) in [6.07, 6.45) is 1.95. The van der Waals surface area contributed by atoms with Crippen molar-refractivity contribution in [2.45, 2.75) is 57.3 Å². The predicted octanol–water partition coefficient (Wildman–Crippen LogP) is 3.92. The Bertz CT molecular complexity index is 567. The van der Waals surface area contributed by atoms with Crippen LogP contribution in [0.3, 0.4) is 0 Å². The van der Waals surface area contributed by atoms with Gasteiger partial charge in [0.25, 0.3) is 0 Å². The van der Waals surface area contributed by atoms with Crippen molar-refractivity contribution in [1.82, 2.24) is 10.6 Å². The van der Waals surface area contributed by atoms with Crippen molar-refractivity contribution < 1.29 is 5.11 Å². The summed E-state index contributed by atoms with van der Waals surface area (Å²) >= 11 is 1.85. The number of hydrogen-bond acceptors (Lipinski definition) is 3. The van der Waals surface area contributed by atoms with Crippen molar-refractivity contribution in [2.75, 3.05) is 25.4 Å². The van der Waals surface area contributed by atoms with Crippen LogP contribution in [0.5, 0.6) is 0 Å². The minimum atomic E-state index is -0.633. The van der Waals surface area contributed by atoms with E-state index < -0.39 is 5.60 Å². The molecule has 2 rings (SSSR count). The molecule has 0 spiro atoms. The second kappa shape index (κ2) is 11.4. The van der Waals surface area contributed by atoms with Crippen LogP contribution in [-0.4, -0.2) is 47.3 Å². The Labute approximate surface area is 180 Å². The van der Waals surface area contributed by atoms with E-state index >= 15 is 0 Å². The Morgan fingerprint density at radius 1 is 1.31 bits per heavy atom. The SMILES string of the molecule is CCNC(=NCC1(O)CCC1SCC)NCC(C)c1ccc(C)cc1.I. The van der Waals surface area contributed by atoms with Crippen LogP contribution < -0.4 is 10.6 Å². The molecule has 3 atom stereocenters. The Kier molecular flexibility index (Phi) is 10.3. The summed E-state index contributed by atoms with van der Waals surface area (Å²) in [5.41, 5.74) is 1.98. The monoisotopic (exact) mass is 491 g/mol. The summed E-state index contributed by atoms with van der Waals surface area (Å²) in [4.78, 5) is 4.65. The van der Waals surface area contributed by atoms with Crippen LogP contribution in [0.4, 0.5) is 0 Å². The highest BCUT2D eigenvalue weighted by molar-refractivity contribution is 14.0. The van der Waals surface area contributed by atoms with E-state index in [9.17, 15) is 5.11 Å². The highest BCUT2D eigenvalue weighted by atomic mass is 127. The van der Waals surface area contributed by atoms with Gasteiger partial charge in [0, 0.05) is 18.3 Å². The van der Waals surface area contributed by atoms with Gasteiger partial charge in [-0.25, -0.2) is 0 Å². The van der Waals surface area contributed by atoms with E-state index in [1.807, 2.05) is 11.8 Å². The van der Waals surface area contributed by atoms with Crippen LogP contribution in [0.25, 0.3) is 0 Å². The molecular weight excluding hydrogens is 457 g/mol. The summed E-state index contributed by atoms with van der Waals surface area (Å²) in [5.74, 6) is 2.24. The molecule has 1 aliphatic rings. The Morgan fingerprint density at radius 3 is 2.54 bits per heavy atom. The highest BCUT2D eigenvalue weighted by Crippen LogP contribution is 2.41. The summed E-state index contributed by atoms with van der Waals surface area (Å²) < 4.78 is 0. The average molecular weight is 491 g/mol. The second-order valence-corrected chi connectivity index (χ2v) is 8.45. The van der Waals surface area contributed by atoms with Gasteiger partial charge in [0.1, 0.15) is 0 Å². The molecule has 0 amide bonds. The molecule has 1 aromatic carbocycles. The van der Waals surface area contributed by atoms with E-state index in [-0.39, 0.29) is 24.0 Å². The van der Waals surface area contributed by atoms with E-state index in [1.54, 1.807) is 0 Å². The molecule has 1 aliphatic carbocycles. The van der Waals surface area contributed by atoms with Crippen LogP contribution in [0.15, 0.2) is 29.3 Å². The number of halogens is 1. The average Bonchev–Trinajstić information content (AvgIpc) is 2.61. The third kappa shape index (κ3) is 6.60. The van der Waals surface area contributed by atoms with Gasteiger partial charge in [0.2, 0.25) is 0 Å². The smallest absolute Gasteiger partial charge is 0.191 e. The van der Waals surface area contributed by atoms with Crippen LogP contribution in [0, 0.1) is 6.92 Å². The predicted molar refractivity (Wildman–Crippen MR) is 125 cm³/mol. The Balaban J connectivity index is 0.00000338. The molecule has 1 fully saturated rings. The van der Waals surface area contributed by atoms with Gasteiger partial charge in [-0.15, -0.1) is 24.0 Å². The molecule has 3 unspecified atom stereocenters. The number of guanidine groups is 1. The normalized spacial score (nSPS) is 23.6. The molecule has 148 valence electrons. The molecule has 0 saturated heterocycles. The van der Waals surface area contributed by atoms with Gasteiger partial charge < -0.3 is 15.7 Å². The lowest BCUT2D eigenvalue weighted by molar-refractivity contribution is -0.0154. The van der Waals surface area contributed by atoms with E-state index in [0.29, 0.717) is 17.7 Å². The quantitative estimate of drug-likeness (QED) is 0.293. The van der Waals surface area contributed by atoms with Gasteiger partial charge in [-0.2, -0.15) is 11.8 Å². The van der Waals surface area contributed by atoms with Gasteiger partial charge >= 0.3 is 0 Å². The van der Waals surface area contributed by atoms with Crippen molar-refractivity contribution in [3.8, 4) is 0 Å². The minimum Gasteiger partial charge on any atom is -0.387 e. The van der Waals surface area contributed by atoms with Gasteiger partial charge in [0.15, 0.2) is 5.96 Å². The molecule has 1 aromatic rings. The van der Waals surface area contributed by atoms with E-state index in [1.165, 1.54) is 11.1 Å². The molecule has 0 aromatic heterocycles. The lowest BCUT2D eigenvalue weighted by atomic mass is 9.79. The third-order valence-electron chi connectivity index (χ3n) is 4.88. The number of aryl methyl sites for hydroxylation is 1. The number of hydrogen-bond donors (Lipinski definition) is 3. The lowest BCUT2D eigenvalue weighted by Crippen LogP contribution is -2.53. The largest absolute Gasteiger partial charge is 0.387 e. The van der Waals surface area contributed by atoms with Crippen molar-refractivity contribution in [3.63, 3.8) is 0 Å². The molecule has 3 N–H and O–H groups in total. The molecule has 0 radical (unpaired) electrons. The molecule has 0 aliphatic heterocycles. The van der Waals surface area contributed by atoms with E-state index in [0.717, 1.165) is 37.6 Å². The zero-order chi connectivity index (χ0) is 18.3. The van der Waals surface area contributed by atoms with Crippen molar-refractivity contribution >= 4 is 41.7 Å². The first-order valence-corrected chi connectivity index (χ1v) is 10.5. The maximum atomic E-state index is 10.7. The van der Waals surface area contributed by atoms with Crippen LogP contribution >= 0.6 is 35.7 Å². The number of nitrogens with one attached hydrogen (secondary N) is 2. The zero-order valence-electron chi connectivity index (χ0n) is 16.4. The Hall–Kier alpha value is -0.470. The maximum absolute atomic E-state index is 10.7. The van der Waals surface area contributed by atoms with Crippen LogP contribution in [0.1, 0.15) is 50.7 Å². The fourth-order valence-corrected chi connectivity index (χ4v) is 4.23. The molecule has 0 heterocycles. The standard InChI is InChI=1S/C20H33N3OS.HI/c1-5-21-19(23-14-20(24)12-11-18(20)25-6-2)22-13-16(4)17-9-7-15(3)8-10-17;/h7-10,16,18,24H,5-6,11-14H2,1-4H3,(H2,21,22,23);1H. The summed E-state index contributed by atoms with van der Waals surface area (Å²) in [5, 5.41) is 17.8. The highest BCUT2D eigenvalue weighted by Gasteiger charge is 2.45. The number of thioether (sulfide) groups is 1. The van der Waals surface area contributed by atoms with Gasteiger partial charge in [-0.1, -0.05) is 43.7 Å². The molecule has 26 heavy (non-hydrogen) atoms. The summed E-state index contributed by atoms with van der Waals surface area (Å²) in [6, 6.07) is 8.69. The first kappa shape index (κ1) is 23.6. The fraction of sp³-hybridized carbons (Fsp3) is 0.650. The second-order valence-electron chi connectivity index (χ2n) is 6.97. The number of aliphatic imine (C=N–C) groups is 1.